The topological polar surface area (TPSA) is 152 Å². The number of phosphoric ester groups is 1. The van der Waals surface area contributed by atoms with Crippen molar-refractivity contribution in [3.63, 3.8) is 0 Å². The highest BCUT2D eigenvalue weighted by molar-refractivity contribution is 7.48. The number of nitrogens with one attached hydrogen (secondary N) is 1. The number of ether oxygens (including phenoxy) is 2. The number of methoxy groups -OCH3 is 2. The van der Waals surface area contributed by atoms with Crippen molar-refractivity contribution in [2.24, 2.45) is 11.1 Å². The summed E-state index contributed by atoms with van der Waals surface area (Å²) >= 11 is 0. The number of hydrogen-bond acceptors (Lipinski definition) is 10. The Morgan fingerprint density at radius 1 is 1.25 bits per heavy atom. The van der Waals surface area contributed by atoms with Crippen LogP contribution < -0.4 is 11.1 Å². The zero-order valence-electron chi connectivity index (χ0n) is 18.8. The van der Waals surface area contributed by atoms with Gasteiger partial charge in [0, 0.05) is 18.4 Å². The Hall–Kier alpha value is -2.20. The summed E-state index contributed by atoms with van der Waals surface area (Å²) in [5.74, 6) is -1.12. The van der Waals surface area contributed by atoms with Crippen molar-refractivity contribution in [2.75, 3.05) is 27.4 Å². The predicted molar refractivity (Wildman–Crippen MR) is 113 cm³/mol. The minimum absolute atomic E-state index is 0.00123. The quantitative estimate of drug-likeness (QED) is 0.373. The molecule has 1 amide bonds. The number of allylic oxidation sites excluding steroid dienone is 3. The van der Waals surface area contributed by atoms with E-state index in [-0.39, 0.29) is 19.6 Å². The lowest BCUT2D eigenvalue weighted by Gasteiger charge is -2.39. The zero-order valence-corrected chi connectivity index (χ0v) is 19.6. The van der Waals surface area contributed by atoms with E-state index in [0.717, 1.165) is 5.57 Å². The summed E-state index contributed by atoms with van der Waals surface area (Å²) in [6.07, 6.45) is 3.52. The molecule has 1 unspecified atom stereocenters. The Bertz CT molecular complexity index is 837. The molecule has 0 saturated carbocycles. The number of carbonyl (C=O) groups excluding carboxylic acids is 3. The summed E-state index contributed by atoms with van der Waals surface area (Å²) in [6, 6.07) is -0.758. The second-order valence-corrected chi connectivity index (χ2v) is 9.74. The van der Waals surface area contributed by atoms with E-state index in [1.165, 1.54) is 14.2 Å². The average Bonchev–Trinajstić information content (AvgIpc) is 2.76. The number of rotatable bonds is 9. The molecular weight excluding hydrogens is 443 g/mol. The molecule has 11 nitrogen and oxygen atoms in total. The molecule has 2 aliphatic rings. The molecule has 3 N–H and O–H groups in total. The van der Waals surface area contributed by atoms with Gasteiger partial charge < -0.3 is 25.0 Å². The van der Waals surface area contributed by atoms with Gasteiger partial charge in [-0.2, -0.15) is 0 Å². The number of amides is 1. The third-order valence-corrected chi connectivity index (χ3v) is 6.42. The van der Waals surface area contributed by atoms with E-state index in [1.54, 1.807) is 26.0 Å². The van der Waals surface area contributed by atoms with Gasteiger partial charge in [-0.3, -0.25) is 23.4 Å². The van der Waals surface area contributed by atoms with Crippen molar-refractivity contribution in [2.45, 2.75) is 51.7 Å². The van der Waals surface area contributed by atoms with E-state index < -0.39 is 43.2 Å². The number of phosphoric acid groups is 1. The van der Waals surface area contributed by atoms with Crippen molar-refractivity contribution in [3.8, 4) is 0 Å². The van der Waals surface area contributed by atoms with Crippen molar-refractivity contribution >= 4 is 25.7 Å². The van der Waals surface area contributed by atoms with Gasteiger partial charge in [-0.05, 0) is 18.9 Å². The minimum Gasteiger partial charge on any atom is -0.469 e. The highest BCUT2D eigenvalue weighted by Crippen LogP contribution is 2.59. The number of nitrogens with two attached hydrogens (primary N) is 1. The van der Waals surface area contributed by atoms with E-state index >= 15 is 0 Å². The second kappa shape index (κ2) is 11.1. The van der Waals surface area contributed by atoms with Gasteiger partial charge in [0.15, 0.2) is 6.10 Å². The molecule has 180 valence electrons. The standard InChI is InChI=1S/C20H31N2O9P/c1-20(2)12-29-32(26,31-17(20)18(24)22-10-9-16(23)27-3)30-14-7-5-13(6-8-14)11-15(21)19(25)28-4/h5,7,15,17H,6,8-12,21H2,1-4H3,(H,22,24)/t15?,17-,32-/m0/s1. The van der Waals surface area contributed by atoms with Gasteiger partial charge in [0.25, 0.3) is 5.91 Å². The number of carbonyl (C=O) groups is 3. The molecular formula is C20H31N2O9P. The molecule has 0 bridgehead atoms. The molecule has 1 aliphatic carbocycles. The van der Waals surface area contributed by atoms with Crippen LogP contribution in [0.4, 0.5) is 0 Å². The Morgan fingerprint density at radius 3 is 2.56 bits per heavy atom. The first-order chi connectivity index (χ1) is 15.0. The molecule has 0 radical (unpaired) electrons. The lowest BCUT2D eigenvalue weighted by molar-refractivity contribution is -0.143. The zero-order chi connectivity index (χ0) is 23.9. The molecule has 0 aromatic heterocycles. The molecule has 3 atom stereocenters. The third-order valence-electron chi connectivity index (χ3n) is 5.05. The Kier molecular flexibility index (Phi) is 9.03. The SMILES string of the molecule is COC(=O)CCNC(=O)[C@@H]1O[P@](=O)(OC2=CC=C(CC(N)C(=O)OC)CC2)OCC1(C)C. The maximum absolute atomic E-state index is 13.1. The van der Waals surface area contributed by atoms with Crippen LogP contribution in [-0.4, -0.2) is 57.4 Å². The monoisotopic (exact) mass is 474 g/mol. The fraction of sp³-hybridized carbons (Fsp3) is 0.650. The van der Waals surface area contributed by atoms with Crippen molar-refractivity contribution < 1.29 is 42.0 Å². The summed E-state index contributed by atoms with van der Waals surface area (Å²) in [5, 5.41) is 2.58. The van der Waals surface area contributed by atoms with Crippen LogP contribution in [0.15, 0.2) is 23.5 Å². The lowest BCUT2D eigenvalue weighted by atomic mass is 9.87. The van der Waals surface area contributed by atoms with Crippen LogP contribution in [-0.2, 0) is 42.0 Å². The van der Waals surface area contributed by atoms with Gasteiger partial charge >= 0.3 is 19.8 Å². The summed E-state index contributed by atoms with van der Waals surface area (Å²) < 4.78 is 38.6. The van der Waals surface area contributed by atoms with Crippen molar-refractivity contribution in [3.05, 3.63) is 23.5 Å². The normalized spacial score (nSPS) is 25.6. The highest BCUT2D eigenvalue weighted by atomic mass is 31.2. The van der Waals surface area contributed by atoms with Crippen LogP contribution >= 0.6 is 7.82 Å². The van der Waals surface area contributed by atoms with Crippen molar-refractivity contribution in [1.82, 2.24) is 5.32 Å². The molecule has 0 spiro atoms. The molecule has 1 heterocycles. The van der Waals surface area contributed by atoms with E-state index in [2.05, 4.69) is 14.8 Å². The van der Waals surface area contributed by atoms with Crippen LogP contribution in [0.3, 0.4) is 0 Å². The van der Waals surface area contributed by atoms with Gasteiger partial charge in [-0.25, -0.2) is 4.57 Å². The lowest BCUT2D eigenvalue weighted by Crippen LogP contribution is -2.49. The van der Waals surface area contributed by atoms with Crippen LogP contribution in [0, 0.1) is 5.41 Å². The Balaban J connectivity index is 1.99. The van der Waals surface area contributed by atoms with E-state index in [1.807, 2.05) is 0 Å². The maximum atomic E-state index is 13.1. The summed E-state index contributed by atoms with van der Waals surface area (Å²) in [7, 11) is -1.51. The summed E-state index contributed by atoms with van der Waals surface area (Å²) in [6.45, 7) is 3.50. The molecule has 32 heavy (non-hydrogen) atoms. The predicted octanol–water partition coefficient (Wildman–Crippen LogP) is 1.73. The van der Waals surface area contributed by atoms with E-state index in [4.69, 9.17) is 19.3 Å². The average molecular weight is 474 g/mol. The van der Waals surface area contributed by atoms with Gasteiger partial charge in [-0.1, -0.05) is 25.5 Å². The minimum atomic E-state index is -4.05. The first-order valence-corrected chi connectivity index (χ1v) is 11.6. The number of esters is 2. The maximum Gasteiger partial charge on any atom is 0.530 e. The van der Waals surface area contributed by atoms with E-state index in [9.17, 15) is 18.9 Å². The van der Waals surface area contributed by atoms with Crippen LogP contribution in [0.2, 0.25) is 0 Å². The molecule has 12 heteroatoms. The Morgan fingerprint density at radius 2 is 1.97 bits per heavy atom. The molecule has 1 fully saturated rings. The molecule has 2 rings (SSSR count). The van der Waals surface area contributed by atoms with Gasteiger partial charge in [-0.15, -0.1) is 0 Å². The third kappa shape index (κ3) is 7.16. The Labute approximate surface area is 187 Å². The summed E-state index contributed by atoms with van der Waals surface area (Å²) in [5.41, 5.74) is 5.92. The largest absolute Gasteiger partial charge is 0.530 e. The second-order valence-electron chi connectivity index (χ2n) is 8.19. The fourth-order valence-corrected chi connectivity index (χ4v) is 4.85. The number of hydrogen-bond donors (Lipinski definition) is 2. The van der Waals surface area contributed by atoms with Crippen LogP contribution in [0.5, 0.6) is 0 Å². The van der Waals surface area contributed by atoms with Gasteiger partial charge in [0.2, 0.25) is 0 Å². The van der Waals surface area contributed by atoms with Gasteiger partial charge in [0.05, 0.1) is 27.2 Å². The van der Waals surface area contributed by atoms with Crippen LogP contribution in [0.25, 0.3) is 0 Å². The van der Waals surface area contributed by atoms with Crippen LogP contribution in [0.1, 0.15) is 39.5 Å². The molecule has 0 aromatic rings. The molecule has 0 aromatic carbocycles. The first-order valence-electron chi connectivity index (χ1n) is 10.2. The van der Waals surface area contributed by atoms with E-state index in [0.29, 0.717) is 25.0 Å². The van der Waals surface area contributed by atoms with Crippen molar-refractivity contribution in [1.29, 1.82) is 0 Å². The fourth-order valence-electron chi connectivity index (χ4n) is 3.12. The molecule has 1 aliphatic heterocycles. The smallest absolute Gasteiger partial charge is 0.469 e. The summed E-state index contributed by atoms with van der Waals surface area (Å²) in [4.78, 5) is 35.3. The highest BCUT2D eigenvalue weighted by Gasteiger charge is 2.50. The molecule has 1 saturated heterocycles. The first kappa shape index (κ1) is 26.1. The van der Waals surface area contributed by atoms with Gasteiger partial charge in [0.1, 0.15) is 11.8 Å².